The van der Waals surface area contributed by atoms with Gasteiger partial charge in [-0.25, -0.2) is 0 Å². The van der Waals surface area contributed by atoms with Gasteiger partial charge in [0.25, 0.3) is 0 Å². The predicted molar refractivity (Wildman–Crippen MR) is 81.4 cm³/mol. The Labute approximate surface area is 118 Å². The van der Waals surface area contributed by atoms with E-state index in [0.717, 1.165) is 17.8 Å². The average molecular weight is 268 g/mol. The van der Waals surface area contributed by atoms with Gasteiger partial charge in [-0.15, -0.1) is 11.8 Å². The SMILES string of the molecule is CSc1ccccc1NCc1ccc(C#N)cc1C. The van der Waals surface area contributed by atoms with E-state index in [1.807, 2.05) is 37.3 Å². The topological polar surface area (TPSA) is 35.8 Å². The van der Waals surface area contributed by atoms with E-state index in [9.17, 15) is 0 Å². The predicted octanol–water partition coefficient (Wildman–Crippen LogP) is 4.20. The van der Waals surface area contributed by atoms with Crippen LogP contribution in [0.25, 0.3) is 0 Å². The highest BCUT2D eigenvalue weighted by Crippen LogP contribution is 2.25. The van der Waals surface area contributed by atoms with Crippen LogP contribution in [-0.4, -0.2) is 6.26 Å². The lowest BCUT2D eigenvalue weighted by atomic mass is 10.1. The second-order valence-corrected chi connectivity index (χ2v) is 5.15. The normalized spacial score (nSPS) is 9.95. The highest BCUT2D eigenvalue weighted by atomic mass is 32.2. The molecule has 0 atom stereocenters. The van der Waals surface area contributed by atoms with E-state index in [1.54, 1.807) is 11.8 Å². The number of hydrogen-bond acceptors (Lipinski definition) is 3. The van der Waals surface area contributed by atoms with Crippen molar-refractivity contribution in [1.29, 1.82) is 5.26 Å². The molecule has 0 unspecified atom stereocenters. The van der Waals surface area contributed by atoms with Crippen LogP contribution in [0.2, 0.25) is 0 Å². The molecule has 0 aliphatic carbocycles. The molecule has 2 aromatic carbocycles. The van der Waals surface area contributed by atoms with Crippen molar-refractivity contribution in [2.24, 2.45) is 0 Å². The molecule has 0 amide bonds. The molecule has 2 rings (SSSR count). The standard InChI is InChI=1S/C16H16N2S/c1-12-9-13(10-17)7-8-14(12)11-18-15-5-3-4-6-16(15)19-2/h3-9,18H,11H2,1-2H3. The van der Waals surface area contributed by atoms with Crippen LogP contribution in [0.15, 0.2) is 47.4 Å². The van der Waals surface area contributed by atoms with Crippen LogP contribution in [-0.2, 0) is 6.54 Å². The van der Waals surface area contributed by atoms with Crippen molar-refractivity contribution in [3.63, 3.8) is 0 Å². The molecule has 2 nitrogen and oxygen atoms in total. The van der Waals surface area contributed by atoms with Crippen LogP contribution in [0.4, 0.5) is 5.69 Å². The minimum Gasteiger partial charge on any atom is -0.380 e. The van der Waals surface area contributed by atoms with Gasteiger partial charge < -0.3 is 5.32 Å². The van der Waals surface area contributed by atoms with Gasteiger partial charge in [-0.1, -0.05) is 18.2 Å². The Balaban J connectivity index is 2.13. The van der Waals surface area contributed by atoms with Gasteiger partial charge in [0.05, 0.1) is 11.6 Å². The number of nitrogens with zero attached hydrogens (tertiary/aromatic N) is 1. The van der Waals surface area contributed by atoms with E-state index in [-0.39, 0.29) is 0 Å². The van der Waals surface area contributed by atoms with Crippen molar-refractivity contribution >= 4 is 17.4 Å². The number of benzene rings is 2. The van der Waals surface area contributed by atoms with Crippen molar-refractivity contribution in [3.8, 4) is 6.07 Å². The van der Waals surface area contributed by atoms with Gasteiger partial charge in [-0.05, 0) is 48.6 Å². The second-order valence-electron chi connectivity index (χ2n) is 4.31. The maximum Gasteiger partial charge on any atom is 0.0991 e. The second kappa shape index (κ2) is 6.31. The lowest BCUT2D eigenvalue weighted by Gasteiger charge is -2.12. The number of rotatable bonds is 4. The summed E-state index contributed by atoms with van der Waals surface area (Å²) in [6.45, 7) is 2.81. The summed E-state index contributed by atoms with van der Waals surface area (Å²) in [4.78, 5) is 1.24. The first-order valence-electron chi connectivity index (χ1n) is 6.11. The van der Waals surface area contributed by atoms with Gasteiger partial charge in [-0.2, -0.15) is 5.26 Å². The number of thioether (sulfide) groups is 1. The molecule has 0 aliphatic heterocycles. The molecule has 0 spiro atoms. The van der Waals surface area contributed by atoms with Gasteiger partial charge in [0.2, 0.25) is 0 Å². The number of nitrogens with one attached hydrogen (secondary N) is 1. The molecule has 0 fully saturated rings. The smallest absolute Gasteiger partial charge is 0.0991 e. The molecule has 19 heavy (non-hydrogen) atoms. The lowest BCUT2D eigenvalue weighted by molar-refractivity contribution is 1.10. The first-order chi connectivity index (χ1) is 9.24. The molecular weight excluding hydrogens is 252 g/mol. The third kappa shape index (κ3) is 3.30. The van der Waals surface area contributed by atoms with Gasteiger partial charge in [0.1, 0.15) is 0 Å². The molecule has 0 bridgehead atoms. The zero-order chi connectivity index (χ0) is 13.7. The summed E-state index contributed by atoms with van der Waals surface area (Å²) in [7, 11) is 0. The minimum absolute atomic E-state index is 0.714. The number of hydrogen-bond donors (Lipinski definition) is 1. The van der Waals surface area contributed by atoms with Crippen molar-refractivity contribution < 1.29 is 0 Å². The molecule has 0 heterocycles. The Hall–Kier alpha value is -1.92. The van der Waals surface area contributed by atoms with E-state index in [4.69, 9.17) is 5.26 Å². The van der Waals surface area contributed by atoms with E-state index in [2.05, 4.69) is 29.8 Å². The Kier molecular flexibility index (Phi) is 4.48. The maximum atomic E-state index is 8.86. The molecule has 0 saturated carbocycles. The molecule has 96 valence electrons. The maximum absolute atomic E-state index is 8.86. The molecule has 1 N–H and O–H groups in total. The fourth-order valence-corrected chi connectivity index (χ4v) is 2.52. The average Bonchev–Trinajstić information content (AvgIpc) is 2.46. The Morgan fingerprint density at radius 3 is 2.68 bits per heavy atom. The third-order valence-corrected chi connectivity index (χ3v) is 3.84. The molecule has 2 aromatic rings. The highest BCUT2D eigenvalue weighted by molar-refractivity contribution is 7.98. The monoisotopic (exact) mass is 268 g/mol. The lowest BCUT2D eigenvalue weighted by Crippen LogP contribution is -2.02. The van der Waals surface area contributed by atoms with E-state index >= 15 is 0 Å². The molecular formula is C16H16N2S. The van der Waals surface area contributed by atoms with Gasteiger partial charge in [-0.3, -0.25) is 0 Å². The first-order valence-corrected chi connectivity index (χ1v) is 7.33. The molecule has 0 saturated heterocycles. The van der Waals surface area contributed by atoms with Crippen molar-refractivity contribution in [1.82, 2.24) is 0 Å². The quantitative estimate of drug-likeness (QED) is 0.844. The van der Waals surface area contributed by atoms with E-state index < -0.39 is 0 Å². The summed E-state index contributed by atoms with van der Waals surface area (Å²) >= 11 is 1.74. The molecule has 0 radical (unpaired) electrons. The zero-order valence-electron chi connectivity index (χ0n) is 11.1. The van der Waals surface area contributed by atoms with Crippen LogP contribution in [0.3, 0.4) is 0 Å². The summed E-state index contributed by atoms with van der Waals surface area (Å²) in [5.74, 6) is 0. The van der Waals surface area contributed by atoms with E-state index in [0.29, 0.717) is 5.56 Å². The molecule has 0 aromatic heterocycles. The molecule has 3 heteroatoms. The van der Waals surface area contributed by atoms with Crippen molar-refractivity contribution in [2.45, 2.75) is 18.4 Å². The number of anilines is 1. The molecule has 0 aliphatic rings. The Bertz CT molecular complexity index is 614. The highest BCUT2D eigenvalue weighted by Gasteiger charge is 2.02. The van der Waals surface area contributed by atoms with Crippen molar-refractivity contribution in [3.05, 3.63) is 59.2 Å². The van der Waals surface area contributed by atoms with Crippen LogP contribution < -0.4 is 5.32 Å². The summed E-state index contributed by atoms with van der Waals surface area (Å²) in [5, 5.41) is 12.3. The number of nitriles is 1. The van der Waals surface area contributed by atoms with E-state index in [1.165, 1.54) is 10.5 Å². The number of para-hydroxylation sites is 1. The van der Waals surface area contributed by atoms with Crippen LogP contribution in [0, 0.1) is 18.3 Å². The van der Waals surface area contributed by atoms with Crippen LogP contribution in [0.1, 0.15) is 16.7 Å². The van der Waals surface area contributed by atoms with Gasteiger partial charge in [0, 0.05) is 17.1 Å². The summed E-state index contributed by atoms with van der Waals surface area (Å²) in [6.07, 6.45) is 2.08. The third-order valence-electron chi connectivity index (χ3n) is 3.05. The summed E-state index contributed by atoms with van der Waals surface area (Å²) < 4.78 is 0. The minimum atomic E-state index is 0.714. The fourth-order valence-electron chi connectivity index (χ4n) is 1.94. The Morgan fingerprint density at radius 1 is 1.21 bits per heavy atom. The summed E-state index contributed by atoms with van der Waals surface area (Å²) in [5.41, 5.74) is 4.23. The summed E-state index contributed by atoms with van der Waals surface area (Å²) in [6, 6.07) is 16.3. The fraction of sp³-hybridized carbons (Fsp3) is 0.188. The number of aryl methyl sites for hydroxylation is 1. The van der Waals surface area contributed by atoms with Crippen LogP contribution in [0.5, 0.6) is 0 Å². The Morgan fingerprint density at radius 2 is 2.00 bits per heavy atom. The van der Waals surface area contributed by atoms with Crippen molar-refractivity contribution in [2.75, 3.05) is 11.6 Å². The zero-order valence-corrected chi connectivity index (χ0v) is 11.9. The largest absolute Gasteiger partial charge is 0.380 e. The van der Waals surface area contributed by atoms with Crippen LogP contribution >= 0.6 is 11.8 Å². The van der Waals surface area contributed by atoms with Gasteiger partial charge in [0.15, 0.2) is 0 Å². The van der Waals surface area contributed by atoms with Gasteiger partial charge >= 0.3 is 0 Å². The first kappa shape index (κ1) is 13.5.